The van der Waals surface area contributed by atoms with Crippen molar-refractivity contribution in [2.75, 3.05) is 0 Å². The van der Waals surface area contributed by atoms with Crippen LogP contribution in [0.25, 0.3) is 6.08 Å². The van der Waals surface area contributed by atoms with Crippen LogP contribution in [-0.2, 0) is 20.9 Å². The van der Waals surface area contributed by atoms with Crippen molar-refractivity contribution in [2.45, 2.75) is 26.5 Å². The number of ether oxygens (including phenoxy) is 1. The topological polar surface area (TPSA) is 72.5 Å². The van der Waals surface area contributed by atoms with Crippen molar-refractivity contribution in [1.82, 2.24) is 5.32 Å². The number of esters is 1. The van der Waals surface area contributed by atoms with Crippen LogP contribution in [0.4, 0.5) is 0 Å². The SMILES string of the molecule is CC(=O)NCc1ccc(C(=O)C(C)OC(=O)/C=C/c2ccccc2)s1. The fraction of sp³-hybridized carbons (Fsp3) is 0.211. The lowest BCUT2D eigenvalue weighted by molar-refractivity contribution is -0.140. The van der Waals surface area contributed by atoms with E-state index >= 15 is 0 Å². The number of amides is 1. The van der Waals surface area contributed by atoms with Crippen molar-refractivity contribution in [2.24, 2.45) is 0 Å². The van der Waals surface area contributed by atoms with Crippen molar-refractivity contribution >= 4 is 35.1 Å². The molecule has 0 bridgehead atoms. The first-order valence-electron chi connectivity index (χ1n) is 7.77. The second-order valence-corrected chi connectivity index (χ2v) is 6.53. The number of hydrogen-bond acceptors (Lipinski definition) is 5. The lowest BCUT2D eigenvalue weighted by Crippen LogP contribution is -2.22. The molecule has 0 fully saturated rings. The number of ketones is 1. The average Bonchev–Trinajstić information content (AvgIpc) is 3.07. The molecule has 0 aliphatic heterocycles. The van der Waals surface area contributed by atoms with Gasteiger partial charge in [-0.25, -0.2) is 4.79 Å². The minimum atomic E-state index is -0.875. The number of rotatable bonds is 7. The quantitative estimate of drug-likeness (QED) is 0.469. The molecule has 6 heteroatoms. The van der Waals surface area contributed by atoms with Crippen molar-refractivity contribution < 1.29 is 19.1 Å². The minimum Gasteiger partial charge on any atom is -0.451 e. The van der Waals surface area contributed by atoms with E-state index in [0.717, 1.165) is 10.4 Å². The standard InChI is InChI=1S/C19H19NO4S/c1-13(24-18(22)11-8-15-6-4-3-5-7-15)19(23)17-10-9-16(25-17)12-20-14(2)21/h3-11,13H,12H2,1-2H3,(H,20,21)/b11-8+. The first-order valence-corrected chi connectivity index (χ1v) is 8.58. The number of benzene rings is 1. The third-order valence-corrected chi connectivity index (χ3v) is 4.39. The van der Waals surface area contributed by atoms with E-state index in [1.807, 2.05) is 30.3 Å². The fourth-order valence-corrected chi connectivity index (χ4v) is 2.98. The summed E-state index contributed by atoms with van der Waals surface area (Å²) in [4.78, 5) is 36.4. The Morgan fingerprint density at radius 1 is 1.16 bits per heavy atom. The summed E-state index contributed by atoms with van der Waals surface area (Å²) in [6.07, 6.45) is 2.06. The molecule has 0 saturated carbocycles. The average molecular weight is 357 g/mol. The number of thiophene rings is 1. The lowest BCUT2D eigenvalue weighted by atomic mass is 10.2. The summed E-state index contributed by atoms with van der Waals surface area (Å²) in [7, 11) is 0. The molecule has 1 N–H and O–H groups in total. The van der Waals surface area contributed by atoms with Crippen molar-refractivity contribution in [3.63, 3.8) is 0 Å². The number of Topliss-reactive ketones (excluding diaryl/α,β-unsaturated/α-hetero) is 1. The number of hydrogen-bond donors (Lipinski definition) is 1. The molecule has 2 aromatic rings. The Labute approximate surface area is 150 Å². The largest absolute Gasteiger partial charge is 0.451 e. The van der Waals surface area contributed by atoms with E-state index in [9.17, 15) is 14.4 Å². The summed E-state index contributed by atoms with van der Waals surface area (Å²) >= 11 is 1.28. The van der Waals surface area contributed by atoms with Crippen LogP contribution in [-0.4, -0.2) is 23.8 Å². The fourth-order valence-electron chi connectivity index (χ4n) is 2.01. The molecule has 2 rings (SSSR count). The second-order valence-electron chi connectivity index (χ2n) is 5.36. The molecular formula is C19H19NO4S. The maximum absolute atomic E-state index is 12.3. The third kappa shape index (κ3) is 6.00. The first kappa shape index (κ1) is 18.6. The molecule has 5 nitrogen and oxygen atoms in total. The smallest absolute Gasteiger partial charge is 0.331 e. The van der Waals surface area contributed by atoms with E-state index in [1.165, 1.54) is 24.3 Å². The molecule has 1 atom stereocenters. The molecule has 1 aromatic heterocycles. The molecule has 0 aliphatic carbocycles. The van der Waals surface area contributed by atoms with E-state index in [4.69, 9.17) is 4.74 Å². The Balaban J connectivity index is 1.90. The molecule has 0 saturated heterocycles. The molecule has 0 aliphatic rings. The first-order chi connectivity index (χ1) is 12.0. The zero-order chi connectivity index (χ0) is 18.2. The van der Waals surface area contributed by atoms with Crippen LogP contribution in [0.3, 0.4) is 0 Å². The zero-order valence-electron chi connectivity index (χ0n) is 14.0. The Kier molecular flexibility index (Phi) is 6.65. The van der Waals surface area contributed by atoms with Gasteiger partial charge in [0.2, 0.25) is 11.7 Å². The van der Waals surface area contributed by atoms with Crippen LogP contribution in [0.15, 0.2) is 48.5 Å². The van der Waals surface area contributed by atoms with Gasteiger partial charge in [0.25, 0.3) is 0 Å². The van der Waals surface area contributed by atoms with Crippen molar-refractivity contribution in [3.8, 4) is 0 Å². The third-order valence-electron chi connectivity index (χ3n) is 3.29. The van der Waals surface area contributed by atoms with Gasteiger partial charge in [0.05, 0.1) is 11.4 Å². The van der Waals surface area contributed by atoms with Gasteiger partial charge in [0.15, 0.2) is 6.10 Å². The lowest BCUT2D eigenvalue weighted by Gasteiger charge is -2.09. The second kappa shape index (κ2) is 8.94. The van der Waals surface area contributed by atoms with Gasteiger partial charge < -0.3 is 10.1 Å². The van der Waals surface area contributed by atoms with Crippen LogP contribution in [0.5, 0.6) is 0 Å². The molecule has 1 unspecified atom stereocenters. The van der Waals surface area contributed by atoms with Gasteiger partial charge >= 0.3 is 5.97 Å². The Bertz CT molecular complexity index is 780. The summed E-state index contributed by atoms with van der Waals surface area (Å²) in [5.41, 5.74) is 0.874. The molecule has 25 heavy (non-hydrogen) atoms. The zero-order valence-corrected chi connectivity index (χ0v) is 14.8. The minimum absolute atomic E-state index is 0.131. The van der Waals surface area contributed by atoms with Gasteiger partial charge in [0, 0.05) is 17.9 Å². The molecule has 130 valence electrons. The summed E-state index contributed by atoms with van der Waals surface area (Å²) in [5, 5.41) is 2.67. The van der Waals surface area contributed by atoms with Crippen molar-refractivity contribution in [3.05, 3.63) is 63.9 Å². The van der Waals surface area contributed by atoms with Crippen LogP contribution in [0, 0.1) is 0 Å². The predicted molar refractivity (Wildman–Crippen MR) is 97.2 cm³/mol. The Hall–Kier alpha value is -2.73. The summed E-state index contributed by atoms with van der Waals surface area (Å²) < 4.78 is 5.16. The number of nitrogens with one attached hydrogen (secondary N) is 1. The van der Waals surface area contributed by atoms with Crippen LogP contribution < -0.4 is 5.32 Å². The van der Waals surface area contributed by atoms with E-state index in [0.29, 0.717) is 11.4 Å². The van der Waals surface area contributed by atoms with Gasteiger partial charge in [0.1, 0.15) is 0 Å². The van der Waals surface area contributed by atoms with E-state index < -0.39 is 12.1 Å². The molecule has 0 spiro atoms. The van der Waals surface area contributed by atoms with Gasteiger partial charge in [-0.05, 0) is 30.7 Å². The van der Waals surface area contributed by atoms with Crippen LogP contribution in [0.1, 0.15) is 34.0 Å². The van der Waals surface area contributed by atoms with E-state index in [-0.39, 0.29) is 11.7 Å². The summed E-state index contributed by atoms with van der Waals surface area (Å²) in [6.45, 7) is 3.36. The maximum atomic E-state index is 12.3. The van der Waals surface area contributed by atoms with Crippen LogP contribution >= 0.6 is 11.3 Å². The number of carbonyl (C=O) groups is 3. The summed E-state index contributed by atoms with van der Waals surface area (Å²) in [5.74, 6) is -0.964. The van der Waals surface area contributed by atoms with Crippen LogP contribution in [0.2, 0.25) is 0 Å². The van der Waals surface area contributed by atoms with Gasteiger partial charge in [-0.15, -0.1) is 11.3 Å². The Morgan fingerprint density at radius 3 is 2.56 bits per heavy atom. The molecule has 1 amide bonds. The van der Waals surface area contributed by atoms with Gasteiger partial charge in [-0.1, -0.05) is 30.3 Å². The molecule has 1 heterocycles. The molecule has 0 radical (unpaired) electrons. The molecule has 1 aromatic carbocycles. The van der Waals surface area contributed by atoms with E-state index in [2.05, 4.69) is 5.32 Å². The highest BCUT2D eigenvalue weighted by molar-refractivity contribution is 7.14. The number of carbonyl (C=O) groups excluding carboxylic acids is 3. The monoisotopic (exact) mass is 357 g/mol. The summed E-state index contributed by atoms with van der Waals surface area (Å²) in [6, 6.07) is 12.8. The molecular weight excluding hydrogens is 338 g/mol. The van der Waals surface area contributed by atoms with E-state index in [1.54, 1.807) is 25.1 Å². The normalized spacial score (nSPS) is 11.9. The highest BCUT2D eigenvalue weighted by Crippen LogP contribution is 2.19. The van der Waals surface area contributed by atoms with Crippen molar-refractivity contribution in [1.29, 1.82) is 0 Å². The Morgan fingerprint density at radius 2 is 1.88 bits per heavy atom. The predicted octanol–water partition coefficient (Wildman–Crippen LogP) is 3.21. The highest BCUT2D eigenvalue weighted by atomic mass is 32.1. The van der Waals surface area contributed by atoms with Gasteiger partial charge in [-0.3, -0.25) is 9.59 Å². The highest BCUT2D eigenvalue weighted by Gasteiger charge is 2.20. The maximum Gasteiger partial charge on any atom is 0.331 e. The van der Waals surface area contributed by atoms with Gasteiger partial charge in [-0.2, -0.15) is 0 Å².